The highest BCUT2D eigenvalue weighted by Crippen LogP contribution is 2.09. The second-order valence-corrected chi connectivity index (χ2v) is 7.13. The highest BCUT2D eigenvalue weighted by Gasteiger charge is 2.05. The summed E-state index contributed by atoms with van der Waals surface area (Å²) in [6, 6.07) is 1.79. The van der Waals surface area contributed by atoms with Crippen LogP contribution in [0.1, 0.15) is 17.2 Å². The molecule has 12 heteroatoms. The van der Waals surface area contributed by atoms with Gasteiger partial charge in [-0.05, 0) is 26.8 Å². The second kappa shape index (κ2) is 9.29. The Morgan fingerprint density at radius 3 is 2.06 bits per heavy atom. The summed E-state index contributed by atoms with van der Waals surface area (Å²) in [4.78, 5) is 48.5. The van der Waals surface area contributed by atoms with Crippen molar-refractivity contribution in [3.05, 3.63) is 69.3 Å². The van der Waals surface area contributed by atoms with E-state index >= 15 is 0 Å². The lowest BCUT2D eigenvalue weighted by Gasteiger charge is -1.93. The van der Waals surface area contributed by atoms with Crippen LogP contribution in [0.3, 0.4) is 0 Å². The number of aryl methyl sites for hydroxylation is 6. The third-order valence-corrected chi connectivity index (χ3v) is 4.48. The monoisotopic (exact) mass is 436 g/mol. The van der Waals surface area contributed by atoms with Crippen LogP contribution in [0.2, 0.25) is 0 Å². The van der Waals surface area contributed by atoms with E-state index in [1.165, 1.54) is 4.57 Å². The Morgan fingerprint density at radius 2 is 1.44 bits per heavy atom. The molecule has 0 fully saturated rings. The molecular formula is C20H24N10O2. The maximum Gasteiger partial charge on any atom is 0.347 e. The smallest absolute Gasteiger partial charge is 0.318 e. The molecule has 0 aliphatic carbocycles. The maximum atomic E-state index is 11.2. The van der Waals surface area contributed by atoms with Gasteiger partial charge in [0.25, 0.3) is 5.56 Å². The van der Waals surface area contributed by atoms with E-state index < -0.39 is 0 Å². The molecule has 0 radical (unpaired) electrons. The third kappa shape index (κ3) is 4.91. The Morgan fingerprint density at radius 1 is 0.781 bits per heavy atom. The Kier molecular flexibility index (Phi) is 6.52. The molecule has 0 aliphatic heterocycles. The molecule has 1 N–H and O–H groups in total. The molecule has 0 aliphatic rings. The highest BCUT2D eigenvalue weighted by molar-refractivity contribution is 5.72. The van der Waals surface area contributed by atoms with E-state index in [9.17, 15) is 9.59 Å². The first kappa shape index (κ1) is 22.5. The number of aromatic amines is 1. The number of hydrogen-bond donors (Lipinski definition) is 1. The fraction of sp³-hybridized carbons (Fsp3) is 0.300. The summed E-state index contributed by atoms with van der Waals surface area (Å²) in [7, 11) is 5.40. The molecule has 5 aromatic heterocycles. The van der Waals surface area contributed by atoms with Crippen LogP contribution < -0.4 is 11.2 Å². The first-order valence-corrected chi connectivity index (χ1v) is 9.64. The van der Waals surface area contributed by atoms with Crippen molar-refractivity contribution in [2.45, 2.75) is 20.8 Å². The number of aromatic nitrogens is 10. The predicted octanol–water partition coefficient (Wildman–Crippen LogP) is 0.725. The number of nitrogens with zero attached hydrogens (tertiary/aromatic N) is 9. The van der Waals surface area contributed by atoms with Gasteiger partial charge in [0.05, 0.1) is 18.3 Å². The topological polar surface area (TPSA) is 142 Å². The Bertz CT molecular complexity index is 1490. The van der Waals surface area contributed by atoms with E-state index in [0.29, 0.717) is 17.0 Å². The van der Waals surface area contributed by atoms with E-state index in [2.05, 4.69) is 34.9 Å². The number of H-pyrrole nitrogens is 1. The fourth-order valence-electron chi connectivity index (χ4n) is 2.74. The number of nitrogens with one attached hydrogen (secondary N) is 1. The molecule has 32 heavy (non-hydrogen) atoms. The van der Waals surface area contributed by atoms with Gasteiger partial charge in [-0.3, -0.25) is 4.79 Å². The Hall–Kier alpha value is -4.22. The summed E-state index contributed by atoms with van der Waals surface area (Å²) in [5.41, 5.74) is 4.09. The molecule has 5 heterocycles. The Balaban J connectivity index is 0.000000137. The molecule has 0 aromatic carbocycles. The molecule has 166 valence electrons. The molecule has 0 bridgehead atoms. The minimum Gasteiger partial charge on any atom is -0.318 e. The van der Waals surface area contributed by atoms with Crippen molar-refractivity contribution in [1.82, 2.24) is 48.6 Å². The zero-order valence-corrected chi connectivity index (χ0v) is 18.7. The largest absolute Gasteiger partial charge is 0.347 e. The summed E-state index contributed by atoms with van der Waals surface area (Å²) in [6.07, 6.45) is 6.57. The number of hydrogen-bond acceptors (Lipinski definition) is 8. The van der Waals surface area contributed by atoms with Crippen LogP contribution in [0, 0.1) is 20.8 Å². The van der Waals surface area contributed by atoms with Gasteiger partial charge in [0.1, 0.15) is 17.7 Å². The predicted molar refractivity (Wildman–Crippen MR) is 119 cm³/mol. The zero-order chi connectivity index (χ0) is 23.4. The average Bonchev–Trinajstić information content (AvgIpc) is 3.30. The van der Waals surface area contributed by atoms with Crippen LogP contribution in [0.15, 0.2) is 40.8 Å². The van der Waals surface area contributed by atoms with Crippen LogP contribution in [0.4, 0.5) is 0 Å². The van der Waals surface area contributed by atoms with Gasteiger partial charge in [-0.15, -0.1) is 0 Å². The van der Waals surface area contributed by atoms with Crippen molar-refractivity contribution < 1.29 is 0 Å². The quantitative estimate of drug-likeness (QED) is 0.374. The normalized spacial score (nSPS) is 10.4. The molecular weight excluding hydrogens is 412 g/mol. The molecule has 5 rings (SSSR count). The number of rotatable bonds is 0. The van der Waals surface area contributed by atoms with E-state index in [-0.39, 0.29) is 11.2 Å². The van der Waals surface area contributed by atoms with Crippen molar-refractivity contribution in [2.75, 3.05) is 0 Å². The zero-order valence-electron chi connectivity index (χ0n) is 18.7. The molecule has 0 atom stereocenters. The second-order valence-electron chi connectivity index (χ2n) is 7.13. The molecule has 0 amide bonds. The lowest BCUT2D eigenvalue weighted by atomic mass is 10.4. The first-order valence-electron chi connectivity index (χ1n) is 9.64. The average molecular weight is 436 g/mol. The van der Waals surface area contributed by atoms with Crippen LogP contribution in [-0.4, -0.2) is 48.6 Å². The molecule has 0 unspecified atom stereocenters. The van der Waals surface area contributed by atoms with Crippen molar-refractivity contribution in [3.63, 3.8) is 0 Å². The van der Waals surface area contributed by atoms with Gasteiger partial charge in [-0.2, -0.15) is 4.98 Å². The molecule has 0 saturated carbocycles. The van der Waals surface area contributed by atoms with E-state index in [1.54, 1.807) is 63.8 Å². The highest BCUT2D eigenvalue weighted by atomic mass is 16.1. The minimum absolute atomic E-state index is 0.182. The SMILES string of the molecule is Cc1ccn(C)c(=O)n1.Cc1nc2c(ncn2C)c(=O)[nH]1.Cc1ncnc2c1ncn2C. The standard InChI is InChI=1S/C7H8N4O.C7H8N4.C6H8N2O/c1-4-9-6-5(7(12)10-4)8-3-11(6)2;1-5-6-7(9-3-8-5)11(2)4-10-6;1-5-3-4-8(2)6(9)7-5/h3H,1-2H3,(H,9,10,12);3-4H,1-2H3;3-4H,1-2H3. The van der Waals surface area contributed by atoms with Gasteiger partial charge in [0, 0.05) is 33.0 Å². The third-order valence-electron chi connectivity index (χ3n) is 4.48. The Labute approximate surface area is 182 Å². The van der Waals surface area contributed by atoms with Gasteiger partial charge in [-0.1, -0.05) is 0 Å². The summed E-state index contributed by atoms with van der Waals surface area (Å²) in [5, 5.41) is 0. The van der Waals surface area contributed by atoms with E-state index in [1.807, 2.05) is 18.5 Å². The van der Waals surface area contributed by atoms with Gasteiger partial charge < -0.3 is 18.7 Å². The van der Waals surface area contributed by atoms with Gasteiger partial charge in [0.2, 0.25) is 0 Å². The van der Waals surface area contributed by atoms with Gasteiger partial charge in [0.15, 0.2) is 16.8 Å². The lowest BCUT2D eigenvalue weighted by Crippen LogP contribution is -2.19. The van der Waals surface area contributed by atoms with E-state index in [4.69, 9.17) is 0 Å². The van der Waals surface area contributed by atoms with Gasteiger partial charge in [-0.25, -0.2) is 29.7 Å². The number of imidazole rings is 2. The minimum atomic E-state index is -0.199. The molecule has 12 nitrogen and oxygen atoms in total. The van der Waals surface area contributed by atoms with Crippen molar-refractivity contribution >= 4 is 22.3 Å². The molecule has 0 saturated heterocycles. The van der Waals surface area contributed by atoms with Crippen LogP contribution in [0.25, 0.3) is 22.3 Å². The van der Waals surface area contributed by atoms with Crippen LogP contribution in [-0.2, 0) is 21.1 Å². The van der Waals surface area contributed by atoms with Crippen molar-refractivity contribution in [2.24, 2.45) is 21.1 Å². The summed E-state index contributed by atoms with van der Waals surface area (Å²) in [6.45, 7) is 5.46. The molecule has 5 aromatic rings. The van der Waals surface area contributed by atoms with Crippen molar-refractivity contribution in [1.29, 1.82) is 0 Å². The van der Waals surface area contributed by atoms with E-state index in [0.717, 1.165) is 22.6 Å². The summed E-state index contributed by atoms with van der Waals surface area (Å²) >= 11 is 0. The molecule has 0 spiro atoms. The summed E-state index contributed by atoms with van der Waals surface area (Å²) in [5.74, 6) is 0.608. The van der Waals surface area contributed by atoms with Crippen molar-refractivity contribution in [3.8, 4) is 0 Å². The fourth-order valence-corrected chi connectivity index (χ4v) is 2.74. The maximum absolute atomic E-state index is 11.2. The van der Waals surface area contributed by atoms with Gasteiger partial charge >= 0.3 is 5.69 Å². The first-order chi connectivity index (χ1) is 15.2. The summed E-state index contributed by atoms with van der Waals surface area (Å²) < 4.78 is 5.04. The number of fused-ring (bicyclic) bond motifs is 2. The lowest BCUT2D eigenvalue weighted by molar-refractivity contribution is 0.799. The van der Waals surface area contributed by atoms with Crippen LogP contribution >= 0.6 is 0 Å². The van der Waals surface area contributed by atoms with Crippen LogP contribution in [0.5, 0.6) is 0 Å².